The molecule has 2 atom stereocenters. The van der Waals surface area contributed by atoms with Crippen molar-refractivity contribution in [1.29, 1.82) is 0 Å². The number of urea groups is 1. The fourth-order valence-corrected chi connectivity index (χ4v) is 3.37. The maximum atomic E-state index is 12.3. The molecule has 2 N–H and O–H groups in total. The van der Waals surface area contributed by atoms with Crippen molar-refractivity contribution in [2.24, 2.45) is 0 Å². The van der Waals surface area contributed by atoms with Crippen LogP contribution in [0.1, 0.15) is 25.3 Å². The number of carbonyl (C=O) groups excluding carboxylic acids is 2. The SMILES string of the molecule is COc1ccc(N2C[C@@H](NC(=O)N[C@@H](C)CCc3ccccc3)CC2=O)cc1. The molecule has 148 valence electrons. The molecule has 28 heavy (non-hydrogen) atoms. The van der Waals surface area contributed by atoms with E-state index in [1.165, 1.54) is 5.56 Å². The van der Waals surface area contributed by atoms with E-state index in [2.05, 4.69) is 22.8 Å². The summed E-state index contributed by atoms with van der Waals surface area (Å²) in [4.78, 5) is 26.3. The van der Waals surface area contributed by atoms with E-state index in [1.807, 2.05) is 49.4 Å². The third kappa shape index (κ3) is 5.25. The third-order valence-corrected chi connectivity index (χ3v) is 4.93. The number of carbonyl (C=O) groups is 2. The molecule has 1 fully saturated rings. The summed E-state index contributed by atoms with van der Waals surface area (Å²) in [5, 5.41) is 5.89. The molecule has 6 nitrogen and oxygen atoms in total. The summed E-state index contributed by atoms with van der Waals surface area (Å²) >= 11 is 0. The number of rotatable bonds is 7. The molecule has 0 bridgehead atoms. The molecule has 0 unspecified atom stereocenters. The zero-order valence-electron chi connectivity index (χ0n) is 16.4. The first-order valence-electron chi connectivity index (χ1n) is 9.60. The standard InChI is InChI=1S/C22H27N3O3/c1-16(8-9-17-6-4-3-5-7-17)23-22(27)24-18-14-21(26)25(15-18)19-10-12-20(28-2)13-11-19/h3-7,10-13,16,18H,8-9,14-15H2,1-2H3,(H2,23,24,27)/t16-,18-/m0/s1. The molecule has 2 aromatic carbocycles. The molecular formula is C22H27N3O3. The minimum atomic E-state index is -0.227. The monoisotopic (exact) mass is 381 g/mol. The van der Waals surface area contributed by atoms with Crippen LogP contribution in [0.4, 0.5) is 10.5 Å². The molecule has 0 aromatic heterocycles. The maximum Gasteiger partial charge on any atom is 0.315 e. The quantitative estimate of drug-likeness (QED) is 0.774. The van der Waals surface area contributed by atoms with Crippen molar-refractivity contribution in [3.8, 4) is 5.75 Å². The molecule has 6 heteroatoms. The molecule has 1 aliphatic heterocycles. The van der Waals surface area contributed by atoms with E-state index in [0.29, 0.717) is 13.0 Å². The highest BCUT2D eigenvalue weighted by Crippen LogP contribution is 2.24. The number of anilines is 1. The summed E-state index contributed by atoms with van der Waals surface area (Å²) in [6, 6.07) is 17.2. The lowest BCUT2D eigenvalue weighted by atomic mass is 10.1. The van der Waals surface area contributed by atoms with Gasteiger partial charge in [-0.3, -0.25) is 4.79 Å². The van der Waals surface area contributed by atoms with Crippen molar-refractivity contribution < 1.29 is 14.3 Å². The Labute approximate surface area is 165 Å². The Morgan fingerprint density at radius 2 is 1.89 bits per heavy atom. The largest absolute Gasteiger partial charge is 0.497 e. The van der Waals surface area contributed by atoms with Gasteiger partial charge >= 0.3 is 6.03 Å². The van der Waals surface area contributed by atoms with Gasteiger partial charge in [-0.15, -0.1) is 0 Å². The highest BCUT2D eigenvalue weighted by Gasteiger charge is 2.31. The van der Waals surface area contributed by atoms with E-state index < -0.39 is 0 Å². The number of ether oxygens (including phenoxy) is 1. The van der Waals surface area contributed by atoms with Crippen LogP contribution in [-0.4, -0.2) is 37.7 Å². The van der Waals surface area contributed by atoms with Gasteiger partial charge in [-0.1, -0.05) is 30.3 Å². The van der Waals surface area contributed by atoms with Crippen LogP contribution in [0.25, 0.3) is 0 Å². The molecule has 3 amide bonds. The number of nitrogens with zero attached hydrogens (tertiary/aromatic N) is 1. The first-order chi connectivity index (χ1) is 13.5. The van der Waals surface area contributed by atoms with Gasteiger partial charge < -0.3 is 20.3 Å². The van der Waals surface area contributed by atoms with Crippen LogP contribution in [0.3, 0.4) is 0 Å². The normalized spacial score (nSPS) is 17.3. The first kappa shape index (κ1) is 19.7. The Bertz CT molecular complexity index is 792. The summed E-state index contributed by atoms with van der Waals surface area (Å²) in [7, 11) is 1.61. The predicted molar refractivity (Wildman–Crippen MR) is 110 cm³/mol. The van der Waals surface area contributed by atoms with Crippen LogP contribution >= 0.6 is 0 Å². The van der Waals surface area contributed by atoms with Crippen molar-refractivity contribution >= 4 is 17.6 Å². The van der Waals surface area contributed by atoms with Gasteiger partial charge in [0.1, 0.15) is 5.75 Å². The van der Waals surface area contributed by atoms with Crippen molar-refractivity contribution in [3.63, 3.8) is 0 Å². The second-order valence-corrected chi connectivity index (χ2v) is 7.15. The number of methoxy groups -OCH3 is 1. The van der Waals surface area contributed by atoms with Crippen LogP contribution in [0.5, 0.6) is 5.75 Å². The fourth-order valence-electron chi connectivity index (χ4n) is 3.37. The van der Waals surface area contributed by atoms with Crippen molar-refractivity contribution in [1.82, 2.24) is 10.6 Å². The Morgan fingerprint density at radius 1 is 1.18 bits per heavy atom. The number of hydrogen-bond donors (Lipinski definition) is 2. The summed E-state index contributed by atoms with van der Waals surface area (Å²) in [5.74, 6) is 0.751. The topological polar surface area (TPSA) is 70.7 Å². The maximum absolute atomic E-state index is 12.3. The van der Waals surface area contributed by atoms with Crippen LogP contribution in [-0.2, 0) is 11.2 Å². The number of hydrogen-bond acceptors (Lipinski definition) is 3. The Morgan fingerprint density at radius 3 is 2.57 bits per heavy atom. The van der Waals surface area contributed by atoms with E-state index >= 15 is 0 Å². The van der Waals surface area contributed by atoms with Crippen molar-refractivity contribution in [2.45, 2.75) is 38.3 Å². The van der Waals surface area contributed by atoms with Crippen LogP contribution in [0.2, 0.25) is 0 Å². The minimum Gasteiger partial charge on any atom is -0.497 e. The fraction of sp³-hybridized carbons (Fsp3) is 0.364. The smallest absolute Gasteiger partial charge is 0.315 e. The number of aryl methyl sites for hydroxylation is 1. The van der Waals surface area contributed by atoms with Gasteiger partial charge in [0.2, 0.25) is 5.91 Å². The molecule has 1 saturated heterocycles. The molecular weight excluding hydrogens is 354 g/mol. The highest BCUT2D eigenvalue weighted by molar-refractivity contribution is 5.96. The lowest BCUT2D eigenvalue weighted by Crippen LogP contribution is -2.46. The van der Waals surface area contributed by atoms with E-state index in [4.69, 9.17) is 4.74 Å². The Hall–Kier alpha value is -3.02. The summed E-state index contributed by atoms with van der Waals surface area (Å²) in [6.07, 6.45) is 2.08. The van der Waals surface area contributed by atoms with Gasteiger partial charge in [0.25, 0.3) is 0 Å². The minimum absolute atomic E-state index is 0.00703. The Balaban J connectivity index is 1.45. The lowest BCUT2D eigenvalue weighted by Gasteiger charge is -2.19. The number of nitrogens with one attached hydrogen (secondary N) is 2. The van der Waals surface area contributed by atoms with Crippen molar-refractivity contribution in [3.05, 3.63) is 60.2 Å². The molecule has 1 heterocycles. The van der Waals surface area contributed by atoms with Gasteiger partial charge in [-0.2, -0.15) is 0 Å². The summed E-state index contributed by atoms with van der Waals surface area (Å²) in [5.41, 5.74) is 2.07. The third-order valence-electron chi connectivity index (χ3n) is 4.93. The molecule has 3 rings (SSSR count). The van der Waals surface area contributed by atoms with E-state index in [0.717, 1.165) is 24.3 Å². The number of amides is 3. The second-order valence-electron chi connectivity index (χ2n) is 7.15. The van der Waals surface area contributed by atoms with Crippen LogP contribution < -0.4 is 20.3 Å². The second kappa shape index (κ2) is 9.26. The highest BCUT2D eigenvalue weighted by atomic mass is 16.5. The summed E-state index contributed by atoms with van der Waals surface area (Å²) < 4.78 is 5.15. The molecule has 2 aromatic rings. The van der Waals surface area contributed by atoms with E-state index in [-0.39, 0.29) is 24.0 Å². The zero-order valence-corrected chi connectivity index (χ0v) is 16.4. The number of benzene rings is 2. The van der Waals surface area contributed by atoms with Gasteiger partial charge in [-0.05, 0) is 49.6 Å². The van der Waals surface area contributed by atoms with Gasteiger partial charge in [0, 0.05) is 24.7 Å². The molecule has 0 radical (unpaired) electrons. The zero-order chi connectivity index (χ0) is 19.9. The predicted octanol–water partition coefficient (Wildman–Crippen LogP) is 3.12. The van der Waals surface area contributed by atoms with Crippen LogP contribution in [0, 0.1) is 0 Å². The summed E-state index contributed by atoms with van der Waals surface area (Å²) in [6.45, 7) is 2.46. The van der Waals surface area contributed by atoms with E-state index in [9.17, 15) is 9.59 Å². The van der Waals surface area contributed by atoms with Crippen molar-refractivity contribution in [2.75, 3.05) is 18.6 Å². The molecule has 0 aliphatic carbocycles. The Kier molecular flexibility index (Phi) is 6.53. The molecule has 0 saturated carbocycles. The van der Waals surface area contributed by atoms with Gasteiger partial charge in [0.05, 0.1) is 13.2 Å². The van der Waals surface area contributed by atoms with Gasteiger partial charge in [-0.25, -0.2) is 4.79 Å². The molecule has 0 spiro atoms. The van der Waals surface area contributed by atoms with E-state index in [1.54, 1.807) is 12.0 Å². The first-order valence-corrected chi connectivity index (χ1v) is 9.60. The van der Waals surface area contributed by atoms with Gasteiger partial charge in [0.15, 0.2) is 0 Å². The average molecular weight is 381 g/mol. The molecule has 1 aliphatic rings. The lowest BCUT2D eigenvalue weighted by molar-refractivity contribution is -0.117. The van der Waals surface area contributed by atoms with Crippen LogP contribution in [0.15, 0.2) is 54.6 Å². The average Bonchev–Trinajstić information content (AvgIpc) is 3.07.